The molecule has 190 valence electrons. The Hall–Kier alpha value is -4.34. The summed E-state index contributed by atoms with van der Waals surface area (Å²) in [5.74, 6) is 1.68. The summed E-state index contributed by atoms with van der Waals surface area (Å²) in [4.78, 5) is 21.3. The first-order valence-corrected chi connectivity index (χ1v) is 12.3. The number of hydrogen-bond acceptors (Lipinski definition) is 7. The average Bonchev–Trinajstić information content (AvgIpc) is 3.31. The molecule has 9 nitrogen and oxygen atoms in total. The van der Waals surface area contributed by atoms with E-state index in [1.165, 1.54) is 12.3 Å². The van der Waals surface area contributed by atoms with Crippen LogP contribution in [-0.4, -0.2) is 49.9 Å². The van der Waals surface area contributed by atoms with Crippen molar-refractivity contribution in [3.05, 3.63) is 78.3 Å². The first kappa shape index (κ1) is 24.4. The lowest BCUT2D eigenvalue weighted by molar-refractivity contribution is 0.0902. The van der Waals surface area contributed by atoms with E-state index in [0.29, 0.717) is 66.3 Å². The van der Waals surface area contributed by atoms with Gasteiger partial charge in [-0.2, -0.15) is 0 Å². The third kappa shape index (κ3) is 5.13. The van der Waals surface area contributed by atoms with Crippen molar-refractivity contribution in [1.82, 2.24) is 30.0 Å². The van der Waals surface area contributed by atoms with E-state index in [4.69, 9.17) is 9.47 Å². The number of nitrogens with zero attached hydrogens (tertiary/aromatic N) is 5. The Balaban J connectivity index is 1.35. The Morgan fingerprint density at radius 2 is 1.68 bits per heavy atom. The molecular formula is C27H27FN6O3. The molecule has 0 spiro atoms. The Morgan fingerprint density at radius 3 is 2.30 bits per heavy atom. The van der Waals surface area contributed by atoms with E-state index in [-0.39, 0.29) is 23.7 Å². The van der Waals surface area contributed by atoms with Crippen LogP contribution in [0.25, 0.3) is 17.2 Å². The lowest BCUT2D eigenvalue weighted by Crippen LogP contribution is -2.44. The maximum absolute atomic E-state index is 14.9. The van der Waals surface area contributed by atoms with E-state index in [1.54, 1.807) is 53.2 Å². The molecule has 37 heavy (non-hydrogen) atoms. The van der Waals surface area contributed by atoms with Gasteiger partial charge in [0.15, 0.2) is 5.82 Å². The molecule has 5 rings (SSSR count). The van der Waals surface area contributed by atoms with Crippen molar-refractivity contribution in [2.24, 2.45) is 0 Å². The van der Waals surface area contributed by atoms with Gasteiger partial charge in [0.25, 0.3) is 5.91 Å². The second kappa shape index (κ2) is 10.7. The number of rotatable bonds is 9. The summed E-state index contributed by atoms with van der Waals surface area (Å²) in [5, 5.41) is 11.8. The number of benzene rings is 1. The fraction of sp³-hybridized carbons (Fsp3) is 0.296. The smallest absolute Gasteiger partial charge is 0.270 e. The van der Waals surface area contributed by atoms with Crippen molar-refractivity contribution in [3.8, 4) is 28.7 Å². The topological polar surface area (TPSA) is 104 Å². The third-order valence-electron chi connectivity index (χ3n) is 6.18. The van der Waals surface area contributed by atoms with Crippen LogP contribution >= 0.6 is 0 Å². The molecule has 1 amide bonds. The number of halogens is 1. The predicted octanol–water partition coefficient (Wildman–Crippen LogP) is 4.34. The minimum atomic E-state index is -0.388. The van der Waals surface area contributed by atoms with Gasteiger partial charge in [0.05, 0.1) is 31.3 Å². The summed E-state index contributed by atoms with van der Waals surface area (Å²) in [6.45, 7) is 4.85. The van der Waals surface area contributed by atoms with Crippen LogP contribution in [0.5, 0.6) is 11.5 Å². The van der Waals surface area contributed by atoms with Gasteiger partial charge in [-0.1, -0.05) is 12.1 Å². The number of nitrogens with one attached hydrogen (secondary N) is 1. The zero-order valence-corrected chi connectivity index (χ0v) is 20.6. The molecule has 1 aromatic carbocycles. The lowest BCUT2D eigenvalue weighted by Gasteiger charge is -2.35. The highest BCUT2D eigenvalue weighted by molar-refractivity contribution is 5.92. The van der Waals surface area contributed by atoms with Crippen LogP contribution in [0.3, 0.4) is 0 Å². The first-order valence-electron chi connectivity index (χ1n) is 12.3. The van der Waals surface area contributed by atoms with Crippen molar-refractivity contribution in [2.45, 2.75) is 38.6 Å². The van der Waals surface area contributed by atoms with Gasteiger partial charge >= 0.3 is 0 Å². The Morgan fingerprint density at radius 1 is 0.973 bits per heavy atom. The molecule has 10 heteroatoms. The average molecular weight is 503 g/mol. The zero-order chi connectivity index (χ0) is 25.8. The molecule has 0 unspecified atom stereocenters. The number of hydrogen-bond donors (Lipinski definition) is 1. The molecule has 0 aliphatic heterocycles. The van der Waals surface area contributed by atoms with Gasteiger partial charge in [-0.15, -0.1) is 10.2 Å². The number of pyridine rings is 2. The van der Waals surface area contributed by atoms with Gasteiger partial charge in [0, 0.05) is 12.0 Å². The maximum atomic E-state index is 14.9. The predicted molar refractivity (Wildman–Crippen MR) is 134 cm³/mol. The molecule has 0 radical (unpaired) electrons. The van der Waals surface area contributed by atoms with Crippen molar-refractivity contribution in [2.75, 3.05) is 13.2 Å². The number of amides is 1. The van der Waals surface area contributed by atoms with Gasteiger partial charge in [0.2, 0.25) is 0 Å². The van der Waals surface area contributed by atoms with Crippen LogP contribution in [-0.2, 0) is 0 Å². The zero-order valence-electron chi connectivity index (χ0n) is 20.6. The normalized spacial score (nSPS) is 16.6. The quantitative estimate of drug-likeness (QED) is 0.363. The highest BCUT2D eigenvalue weighted by atomic mass is 19.1. The molecule has 1 fully saturated rings. The second-order valence-electron chi connectivity index (χ2n) is 8.63. The van der Waals surface area contributed by atoms with Crippen LogP contribution in [0.2, 0.25) is 0 Å². The number of aromatic nitrogens is 5. The van der Waals surface area contributed by atoms with Crippen LogP contribution in [0.4, 0.5) is 4.39 Å². The number of ether oxygens (including phenoxy) is 2. The monoisotopic (exact) mass is 502 g/mol. The van der Waals surface area contributed by atoms with Gasteiger partial charge < -0.3 is 14.8 Å². The molecule has 1 aliphatic rings. The Bertz CT molecular complexity index is 1370. The summed E-state index contributed by atoms with van der Waals surface area (Å²) >= 11 is 0. The molecular weight excluding hydrogens is 475 g/mol. The summed E-state index contributed by atoms with van der Waals surface area (Å²) in [6, 6.07) is 13.4. The molecule has 3 heterocycles. The van der Waals surface area contributed by atoms with Crippen molar-refractivity contribution in [3.63, 3.8) is 0 Å². The van der Waals surface area contributed by atoms with E-state index < -0.39 is 0 Å². The van der Waals surface area contributed by atoms with Crippen LogP contribution in [0.15, 0.2) is 60.9 Å². The molecule has 0 atom stereocenters. The van der Waals surface area contributed by atoms with Gasteiger partial charge in [-0.3, -0.25) is 9.36 Å². The van der Waals surface area contributed by atoms with Crippen molar-refractivity contribution < 1.29 is 18.7 Å². The van der Waals surface area contributed by atoms with E-state index in [1.807, 2.05) is 13.8 Å². The minimum absolute atomic E-state index is 0.0119. The summed E-state index contributed by atoms with van der Waals surface area (Å²) in [6.07, 6.45) is 4.44. The second-order valence-corrected chi connectivity index (χ2v) is 8.63. The maximum Gasteiger partial charge on any atom is 0.270 e. The largest absolute Gasteiger partial charge is 0.492 e. The van der Waals surface area contributed by atoms with Crippen LogP contribution in [0, 0.1) is 5.82 Å². The summed E-state index contributed by atoms with van der Waals surface area (Å²) < 4.78 is 27.5. The third-order valence-corrected chi connectivity index (χ3v) is 6.18. The summed E-state index contributed by atoms with van der Waals surface area (Å²) in [7, 11) is 0. The first-order chi connectivity index (χ1) is 18.1. The molecule has 3 aromatic heterocycles. The van der Waals surface area contributed by atoms with Crippen LogP contribution < -0.4 is 14.8 Å². The number of carbonyl (C=O) groups is 1. The molecule has 1 aliphatic carbocycles. The van der Waals surface area contributed by atoms with E-state index in [0.717, 1.165) is 0 Å². The lowest BCUT2D eigenvalue weighted by atomic mass is 9.79. The molecule has 1 saturated carbocycles. The molecule has 1 N–H and O–H groups in total. The fourth-order valence-electron chi connectivity index (χ4n) is 4.33. The van der Waals surface area contributed by atoms with E-state index >= 15 is 0 Å². The molecule has 4 aromatic rings. The Kier molecular flexibility index (Phi) is 7.07. The van der Waals surface area contributed by atoms with Crippen molar-refractivity contribution in [1.29, 1.82) is 0 Å². The highest BCUT2D eigenvalue weighted by Crippen LogP contribution is 2.39. The number of carbonyl (C=O) groups excluding carboxylic acids is 1. The fourth-order valence-corrected chi connectivity index (χ4v) is 4.33. The highest BCUT2D eigenvalue weighted by Gasteiger charge is 2.36. The SMILES string of the molecule is CCOc1ccc(C(=O)N[C@H]2C[C@H](c3nnc(-c4ccc(OCC)cn4)n3-c3ccccc3F)C2)nc1. The molecule has 0 saturated heterocycles. The van der Waals surface area contributed by atoms with Gasteiger partial charge in [0.1, 0.15) is 34.5 Å². The minimum Gasteiger partial charge on any atom is -0.492 e. The molecule has 0 bridgehead atoms. The van der Waals surface area contributed by atoms with Gasteiger partial charge in [-0.05, 0) is 63.1 Å². The van der Waals surface area contributed by atoms with Crippen molar-refractivity contribution >= 4 is 5.91 Å². The van der Waals surface area contributed by atoms with Gasteiger partial charge in [-0.25, -0.2) is 14.4 Å². The summed E-state index contributed by atoms with van der Waals surface area (Å²) in [5.41, 5.74) is 1.22. The standard InChI is InChI=1S/C27H27FN6O3/c1-3-36-19-9-11-22(29-15-19)26-33-32-25(34(26)24-8-6-5-7-21(24)28)17-13-18(14-17)31-27(35)23-12-10-20(16-30-23)37-4-2/h5-12,15-18H,3-4,13-14H2,1-2H3,(H,31,35)/t17-,18-. The van der Waals surface area contributed by atoms with E-state index in [9.17, 15) is 9.18 Å². The van der Waals surface area contributed by atoms with Crippen LogP contribution in [0.1, 0.15) is 48.9 Å². The number of para-hydroxylation sites is 1. The van der Waals surface area contributed by atoms with E-state index in [2.05, 4.69) is 25.5 Å². The Labute approximate surface area is 213 Å².